The third kappa shape index (κ3) is 7.59. The Labute approximate surface area is 163 Å². The summed E-state index contributed by atoms with van der Waals surface area (Å²) in [6.07, 6.45) is 4.58. The number of amides is 2. The summed E-state index contributed by atoms with van der Waals surface area (Å²) in [5.74, 6) is -0.122. The van der Waals surface area contributed by atoms with Crippen LogP contribution in [0.5, 0.6) is 0 Å². The second-order valence-electron chi connectivity index (χ2n) is 6.97. The van der Waals surface area contributed by atoms with Crippen molar-refractivity contribution < 1.29 is 14.3 Å². The minimum atomic E-state index is -0.149. The van der Waals surface area contributed by atoms with Gasteiger partial charge in [0.05, 0.1) is 5.56 Å². The molecule has 6 heteroatoms. The largest absolute Gasteiger partial charge is 0.385 e. The maximum atomic E-state index is 12.6. The number of anilines is 2. The first kappa shape index (κ1) is 23.0. The molecule has 1 rings (SSSR count). The van der Waals surface area contributed by atoms with Gasteiger partial charge in [-0.05, 0) is 37.5 Å². The number of carbonyl (C=O) groups excluding carboxylic acids is 2. The lowest BCUT2D eigenvalue weighted by atomic mass is 9.98. The van der Waals surface area contributed by atoms with Crippen molar-refractivity contribution in [2.45, 2.75) is 46.0 Å². The minimum absolute atomic E-state index is 0.00444. The molecule has 0 spiro atoms. The van der Waals surface area contributed by atoms with E-state index in [0.717, 1.165) is 37.8 Å². The number of benzene rings is 1. The zero-order valence-corrected chi connectivity index (χ0v) is 17.4. The standard InChI is InChI=1S/C21H35N3O3/c1-6-8-10-16(7-2)20(25)23-17-11-12-19(24(3)4)18(15-17)21(26)22-13-9-14-27-5/h11-12,15-16H,6-10,13-14H2,1-5H3,(H,22,26)(H,23,25)/t16-/m1/s1. The summed E-state index contributed by atoms with van der Waals surface area (Å²) in [5.41, 5.74) is 2.02. The van der Waals surface area contributed by atoms with Crippen LogP contribution < -0.4 is 15.5 Å². The van der Waals surface area contributed by atoms with Gasteiger partial charge in [-0.15, -0.1) is 0 Å². The molecule has 0 aliphatic carbocycles. The van der Waals surface area contributed by atoms with Crippen LogP contribution >= 0.6 is 0 Å². The van der Waals surface area contributed by atoms with Gasteiger partial charge in [-0.3, -0.25) is 9.59 Å². The van der Waals surface area contributed by atoms with Gasteiger partial charge >= 0.3 is 0 Å². The highest BCUT2D eigenvalue weighted by molar-refractivity contribution is 6.02. The highest BCUT2D eigenvalue weighted by Gasteiger charge is 2.18. The van der Waals surface area contributed by atoms with Gasteiger partial charge in [-0.2, -0.15) is 0 Å². The van der Waals surface area contributed by atoms with E-state index in [-0.39, 0.29) is 17.7 Å². The third-order valence-corrected chi connectivity index (χ3v) is 4.57. The Hall–Kier alpha value is -2.08. The van der Waals surface area contributed by atoms with Crippen molar-refractivity contribution in [2.24, 2.45) is 5.92 Å². The van der Waals surface area contributed by atoms with Gasteiger partial charge in [0.15, 0.2) is 0 Å². The van der Waals surface area contributed by atoms with Gasteiger partial charge in [0.1, 0.15) is 0 Å². The molecular formula is C21H35N3O3. The SMILES string of the molecule is CCCC[C@@H](CC)C(=O)Nc1ccc(N(C)C)c(C(=O)NCCCOC)c1. The van der Waals surface area contributed by atoms with Crippen LogP contribution in [0.1, 0.15) is 56.3 Å². The predicted octanol–water partition coefficient (Wildman–Crippen LogP) is 3.67. The molecule has 0 bridgehead atoms. The Morgan fingerprint density at radius 1 is 1.19 bits per heavy atom. The van der Waals surface area contributed by atoms with Crippen molar-refractivity contribution in [3.05, 3.63) is 23.8 Å². The number of methoxy groups -OCH3 is 1. The number of hydrogen-bond donors (Lipinski definition) is 2. The van der Waals surface area contributed by atoms with Gasteiger partial charge in [0, 0.05) is 51.6 Å². The molecule has 1 atom stereocenters. The van der Waals surface area contributed by atoms with Crippen LogP contribution in [0.3, 0.4) is 0 Å². The van der Waals surface area contributed by atoms with E-state index in [1.165, 1.54) is 0 Å². The summed E-state index contributed by atoms with van der Waals surface area (Å²) in [7, 11) is 5.43. The van der Waals surface area contributed by atoms with E-state index >= 15 is 0 Å². The van der Waals surface area contributed by atoms with Crippen molar-refractivity contribution in [1.29, 1.82) is 0 Å². The average Bonchev–Trinajstić information content (AvgIpc) is 2.65. The smallest absolute Gasteiger partial charge is 0.253 e. The summed E-state index contributed by atoms with van der Waals surface area (Å²) < 4.78 is 5.01. The van der Waals surface area contributed by atoms with Crippen molar-refractivity contribution in [3.8, 4) is 0 Å². The first-order valence-electron chi connectivity index (χ1n) is 9.83. The van der Waals surface area contributed by atoms with E-state index in [1.54, 1.807) is 13.2 Å². The molecule has 0 aliphatic rings. The molecule has 6 nitrogen and oxygen atoms in total. The van der Waals surface area contributed by atoms with Crippen molar-refractivity contribution in [3.63, 3.8) is 0 Å². The van der Waals surface area contributed by atoms with Crippen LogP contribution in [-0.2, 0) is 9.53 Å². The second-order valence-corrected chi connectivity index (χ2v) is 6.97. The number of hydrogen-bond acceptors (Lipinski definition) is 4. The van der Waals surface area contributed by atoms with E-state index in [0.29, 0.717) is 24.4 Å². The third-order valence-electron chi connectivity index (χ3n) is 4.57. The minimum Gasteiger partial charge on any atom is -0.385 e. The Balaban J connectivity index is 2.90. The Morgan fingerprint density at radius 2 is 1.93 bits per heavy atom. The number of unbranched alkanes of at least 4 members (excludes halogenated alkanes) is 1. The van der Waals surface area contributed by atoms with Crippen LogP contribution in [-0.4, -0.2) is 46.2 Å². The summed E-state index contributed by atoms with van der Waals surface area (Å²) >= 11 is 0. The summed E-state index contributed by atoms with van der Waals surface area (Å²) in [5, 5.41) is 5.90. The normalized spacial score (nSPS) is 11.7. The maximum absolute atomic E-state index is 12.6. The van der Waals surface area contributed by atoms with Gasteiger partial charge in [0.25, 0.3) is 5.91 Å². The Morgan fingerprint density at radius 3 is 2.52 bits per heavy atom. The lowest BCUT2D eigenvalue weighted by Crippen LogP contribution is -2.28. The molecule has 1 aromatic rings. The molecule has 0 fully saturated rings. The second kappa shape index (κ2) is 12.3. The Bertz CT molecular complexity index is 602. The highest BCUT2D eigenvalue weighted by Crippen LogP contribution is 2.24. The molecule has 0 saturated carbocycles. The van der Waals surface area contributed by atoms with Crippen molar-refractivity contribution in [1.82, 2.24) is 5.32 Å². The van der Waals surface area contributed by atoms with Gasteiger partial charge < -0.3 is 20.3 Å². The van der Waals surface area contributed by atoms with Gasteiger partial charge in [0.2, 0.25) is 5.91 Å². The van der Waals surface area contributed by atoms with Crippen LogP contribution in [0.2, 0.25) is 0 Å². The molecule has 152 valence electrons. The molecule has 0 heterocycles. The van der Waals surface area contributed by atoms with Crippen LogP contribution in [0, 0.1) is 5.92 Å². The van der Waals surface area contributed by atoms with E-state index in [9.17, 15) is 9.59 Å². The van der Waals surface area contributed by atoms with Gasteiger partial charge in [-0.1, -0.05) is 26.7 Å². The number of nitrogens with zero attached hydrogens (tertiary/aromatic N) is 1. The van der Waals surface area contributed by atoms with E-state index < -0.39 is 0 Å². The lowest BCUT2D eigenvalue weighted by molar-refractivity contribution is -0.120. The fourth-order valence-electron chi connectivity index (χ4n) is 2.91. The molecular weight excluding hydrogens is 342 g/mol. The molecule has 2 N–H and O–H groups in total. The van der Waals surface area contributed by atoms with E-state index in [4.69, 9.17) is 4.74 Å². The molecule has 0 saturated heterocycles. The highest BCUT2D eigenvalue weighted by atomic mass is 16.5. The molecule has 27 heavy (non-hydrogen) atoms. The van der Waals surface area contributed by atoms with Crippen LogP contribution in [0.15, 0.2) is 18.2 Å². The topological polar surface area (TPSA) is 70.7 Å². The number of carbonyl (C=O) groups is 2. The summed E-state index contributed by atoms with van der Waals surface area (Å²) in [6, 6.07) is 5.47. The zero-order chi connectivity index (χ0) is 20.2. The fourth-order valence-corrected chi connectivity index (χ4v) is 2.91. The number of ether oxygens (including phenoxy) is 1. The quantitative estimate of drug-likeness (QED) is 0.545. The molecule has 0 aliphatic heterocycles. The fraction of sp³-hybridized carbons (Fsp3) is 0.619. The monoisotopic (exact) mass is 377 g/mol. The molecule has 0 unspecified atom stereocenters. The van der Waals surface area contributed by atoms with E-state index in [1.807, 2.05) is 38.1 Å². The Kier molecular flexibility index (Phi) is 10.5. The van der Waals surface area contributed by atoms with Crippen molar-refractivity contribution >= 4 is 23.2 Å². The van der Waals surface area contributed by atoms with Gasteiger partial charge in [-0.25, -0.2) is 0 Å². The predicted molar refractivity (Wildman–Crippen MR) is 112 cm³/mol. The first-order valence-corrected chi connectivity index (χ1v) is 9.83. The summed E-state index contributed by atoms with van der Waals surface area (Å²) in [4.78, 5) is 27.1. The van der Waals surface area contributed by atoms with E-state index in [2.05, 4.69) is 17.6 Å². The first-order chi connectivity index (χ1) is 12.9. The number of nitrogens with one attached hydrogen (secondary N) is 2. The average molecular weight is 378 g/mol. The molecule has 1 aromatic carbocycles. The molecule has 2 amide bonds. The van der Waals surface area contributed by atoms with Crippen LogP contribution in [0.25, 0.3) is 0 Å². The number of rotatable bonds is 12. The molecule has 0 radical (unpaired) electrons. The maximum Gasteiger partial charge on any atom is 0.253 e. The van der Waals surface area contributed by atoms with Crippen molar-refractivity contribution in [2.75, 3.05) is 44.6 Å². The zero-order valence-electron chi connectivity index (χ0n) is 17.4. The summed E-state index contributed by atoms with van der Waals surface area (Å²) in [6.45, 7) is 5.31. The lowest BCUT2D eigenvalue weighted by Gasteiger charge is -2.19. The van der Waals surface area contributed by atoms with Crippen LogP contribution in [0.4, 0.5) is 11.4 Å². The molecule has 0 aromatic heterocycles.